The minimum Gasteiger partial charge on any atom is -0.290 e. The zero-order valence-electron chi connectivity index (χ0n) is 9.67. The molecule has 0 aromatic rings. The van der Waals surface area contributed by atoms with Crippen LogP contribution in [0.25, 0.3) is 0 Å². The molecule has 0 aromatic heterocycles. The number of carbonyl (C=O) groups is 4. The fraction of sp³-hybridized carbons (Fsp3) is 0.143. The molecule has 0 saturated heterocycles. The summed E-state index contributed by atoms with van der Waals surface area (Å²) in [5, 5.41) is 0. The summed E-state index contributed by atoms with van der Waals surface area (Å²) in [4.78, 5) is 45.8. The van der Waals surface area contributed by atoms with Crippen LogP contribution in [0, 0.1) is 5.92 Å². The molecule has 0 N–H and O–H groups in total. The molecule has 90 valence electrons. The minimum absolute atomic E-state index is 0.241. The van der Waals surface area contributed by atoms with Gasteiger partial charge >= 0.3 is 0 Å². The Bertz CT molecular complexity index is 533. The zero-order valence-corrected chi connectivity index (χ0v) is 9.67. The van der Waals surface area contributed by atoms with Gasteiger partial charge in [-0.25, -0.2) is 0 Å². The molecule has 0 atom stereocenters. The predicted octanol–water partition coefficient (Wildman–Crippen LogP) is 0.891. The standard InChI is InChI=1S/C14H10O4/c1-8(11-6-9(15)2-4-13(11)17)12-7-10(16)3-5-14(12)18/h2-8H,1H3. The normalized spacial score (nSPS) is 19.4. The molecule has 0 amide bonds. The van der Waals surface area contributed by atoms with E-state index in [1.807, 2.05) is 0 Å². The third-order valence-corrected chi connectivity index (χ3v) is 2.90. The SMILES string of the molecule is CC(C1=CC(=O)C=CC1=O)C1=CC(=O)C=CC1=O. The van der Waals surface area contributed by atoms with Crippen molar-refractivity contribution in [3.8, 4) is 0 Å². The second-order valence-electron chi connectivity index (χ2n) is 4.12. The van der Waals surface area contributed by atoms with Gasteiger partial charge in [-0.2, -0.15) is 0 Å². The Morgan fingerprint density at radius 3 is 1.50 bits per heavy atom. The molecular formula is C14H10O4. The minimum atomic E-state index is -0.562. The number of carbonyl (C=O) groups excluding carboxylic acids is 4. The summed E-state index contributed by atoms with van der Waals surface area (Å²) in [6.45, 7) is 1.63. The molecule has 0 bridgehead atoms. The van der Waals surface area contributed by atoms with E-state index in [0.717, 1.165) is 0 Å². The number of hydrogen-bond donors (Lipinski definition) is 0. The van der Waals surface area contributed by atoms with Gasteiger partial charge < -0.3 is 0 Å². The Kier molecular flexibility index (Phi) is 3.02. The molecule has 2 aliphatic rings. The summed E-state index contributed by atoms with van der Waals surface area (Å²) < 4.78 is 0. The first-order valence-electron chi connectivity index (χ1n) is 5.45. The van der Waals surface area contributed by atoms with Gasteiger partial charge in [0.15, 0.2) is 23.1 Å². The van der Waals surface area contributed by atoms with Gasteiger partial charge in [0.25, 0.3) is 0 Å². The third kappa shape index (κ3) is 2.18. The van der Waals surface area contributed by atoms with Crippen molar-refractivity contribution in [1.82, 2.24) is 0 Å². The molecule has 0 spiro atoms. The number of ketones is 4. The van der Waals surface area contributed by atoms with Gasteiger partial charge in [-0.15, -0.1) is 0 Å². The van der Waals surface area contributed by atoms with Crippen LogP contribution in [0.5, 0.6) is 0 Å². The molecule has 0 aliphatic heterocycles. The maximum atomic E-state index is 11.7. The quantitative estimate of drug-likeness (QED) is 0.674. The maximum Gasteiger partial charge on any atom is 0.182 e. The molecule has 0 aromatic carbocycles. The lowest BCUT2D eigenvalue weighted by molar-refractivity contribution is -0.115. The highest BCUT2D eigenvalue weighted by Gasteiger charge is 2.26. The van der Waals surface area contributed by atoms with Crippen LogP contribution in [0.3, 0.4) is 0 Å². The van der Waals surface area contributed by atoms with Crippen molar-refractivity contribution in [3.05, 3.63) is 47.6 Å². The predicted molar refractivity (Wildman–Crippen MR) is 63.6 cm³/mol. The smallest absolute Gasteiger partial charge is 0.182 e. The van der Waals surface area contributed by atoms with Gasteiger partial charge in [0.05, 0.1) is 0 Å². The average Bonchev–Trinajstić information content (AvgIpc) is 2.34. The highest BCUT2D eigenvalue weighted by Crippen LogP contribution is 2.25. The molecule has 18 heavy (non-hydrogen) atoms. The van der Waals surface area contributed by atoms with Crippen molar-refractivity contribution < 1.29 is 19.2 Å². The van der Waals surface area contributed by atoms with E-state index in [0.29, 0.717) is 0 Å². The van der Waals surface area contributed by atoms with Crippen molar-refractivity contribution >= 4 is 23.1 Å². The molecule has 0 fully saturated rings. The van der Waals surface area contributed by atoms with E-state index in [2.05, 4.69) is 0 Å². The first kappa shape index (κ1) is 12.1. The number of rotatable bonds is 2. The van der Waals surface area contributed by atoms with Crippen LogP contribution in [0.15, 0.2) is 47.6 Å². The molecule has 0 heterocycles. The summed E-state index contributed by atoms with van der Waals surface area (Å²) in [6.07, 6.45) is 7.15. The fourth-order valence-corrected chi connectivity index (χ4v) is 1.90. The van der Waals surface area contributed by atoms with Gasteiger partial charge in [0.1, 0.15) is 0 Å². The van der Waals surface area contributed by atoms with Crippen LogP contribution in [-0.4, -0.2) is 23.1 Å². The summed E-state index contributed by atoms with van der Waals surface area (Å²) in [5.41, 5.74) is 0.482. The summed E-state index contributed by atoms with van der Waals surface area (Å²) in [7, 11) is 0. The Morgan fingerprint density at radius 2 is 1.11 bits per heavy atom. The largest absolute Gasteiger partial charge is 0.290 e. The molecule has 0 saturated carbocycles. The molecule has 0 radical (unpaired) electrons. The van der Waals surface area contributed by atoms with Crippen LogP contribution < -0.4 is 0 Å². The van der Waals surface area contributed by atoms with Crippen molar-refractivity contribution in [2.75, 3.05) is 0 Å². The van der Waals surface area contributed by atoms with Gasteiger partial charge in [-0.3, -0.25) is 19.2 Å². The van der Waals surface area contributed by atoms with E-state index < -0.39 is 5.92 Å². The summed E-state index contributed by atoms with van der Waals surface area (Å²) in [6, 6.07) is 0. The molecule has 4 nitrogen and oxygen atoms in total. The Morgan fingerprint density at radius 1 is 0.722 bits per heavy atom. The van der Waals surface area contributed by atoms with E-state index in [9.17, 15) is 19.2 Å². The van der Waals surface area contributed by atoms with Crippen LogP contribution in [0.4, 0.5) is 0 Å². The fourth-order valence-electron chi connectivity index (χ4n) is 1.90. The zero-order chi connectivity index (χ0) is 13.3. The summed E-state index contributed by atoms with van der Waals surface area (Å²) in [5.74, 6) is -1.76. The second kappa shape index (κ2) is 4.49. The summed E-state index contributed by atoms with van der Waals surface area (Å²) >= 11 is 0. The van der Waals surface area contributed by atoms with Crippen LogP contribution in [-0.2, 0) is 19.2 Å². The lowest BCUT2D eigenvalue weighted by atomic mass is 9.83. The van der Waals surface area contributed by atoms with Crippen LogP contribution in [0.2, 0.25) is 0 Å². The van der Waals surface area contributed by atoms with E-state index >= 15 is 0 Å². The first-order valence-corrected chi connectivity index (χ1v) is 5.45. The average molecular weight is 242 g/mol. The Balaban J connectivity index is 2.35. The van der Waals surface area contributed by atoms with Crippen molar-refractivity contribution in [3.63, 3.8) is 0 Å². The molecule has 0 unspecified atom stereocenters. The third-order valence-electron chi connectivity index (χ3n) is 2.90. The maximum absolute atomic E-state index is 11.7. The van der Waals surface area contributed by atoms with E-state index in [4.69, 9.17) is 0 Å². The van der Waals surface area contributed by atoms with Gasteiger partial charge in [0.2, 0.25) is 0 Å². The highest BCUT2D eigenvalue weighted by atomic mass is 16.1. The van der Waals surface area contributed by atoms with Gasteiger partial charge in [-0.1, -0.05) is 6.92 Å². The Hall–Kier alpha value is -2.36. The first-order chi connectivity index (χ1) is 8.49. The number of allylic oxidation sites excluding steroid dienone is 8. The molecule has 4 heteroatoms. The van der Waals surface area contributed by atoms with Crippen molar-refractivity contribution in [2.24, 2.45) is 5.92 Å². The van der Waals surface area contributed by atoms with Gasteiger partial charge in [0, 0.05) is 17.1 Å². The van der Waals surface area contributed by atoms with Crippen molar-refractivity contribution in [2.45, 2.75) is 6.92 Å². The monoisotopic (exact) mass is 242 g/mol. The second-order valence-corrected chi connectivity index (χ2v) is 4.12. The molecular weight excluding hydrogens is 232 g/mol. The molecule has 2 rings (SSSR count). The van der Waals surface area contributed by atoms with Crippen LogP contribution in [0.1, 0.15) is 6.92 Å². The molecule has 2 aliphatic carbocycles. The van der Waals surface area contributed by atoms with Gasteiger partial charge in [-0.05, 0) is 36.5 Å². The topological polar surface area (TPSA) is 68.3 Å². The van der Waals surface area contributed by atoms with E-state index in [-0.39, 0.29) is 34.3 Å². The highest BCUT2D eigenvalue weighted by molar-refractivity contribution is 6.21. The number of hydrogen-bond acceptors (Lipinski definition) is 4. The lowest BCUT2D eigenvalue weighted by Crippen LogP contribution is -2.21. The Labute approximate surface area is 103 Å². The lowest BCUT2D eigenvalue weighted by Gasteiger charge is -2.18. The van der Waals surface area contributed by atoms with E-state index in [1.54, 1.807) is 6.92 Å². The van der Waals surface area contributed by atoms with E-state index in [1.165, 1.54) is 36.5 Å². The van der Waals surface area contributed by atoms with Crippen LogP contribution >= 0.6 is 0 Å². The van der Waals surface area contributed by atoms with Crippen molar-refractivity contribution in [1.29, 1.82) is 0 Å².